The molecule has 19 heavy (non-hydrogen) atoms. The Morgan fingerprint density at radius 3 is 3.05 bits per heavy atom. The monoisotopic (exact) mass is 274 g/mol. The van der Waals surface area contributed by atoms with Crippen molar-refractivity contribution >= 4 is 11.6 Å². The fourth-order valence-electron chi connectivity index (χ4n) is 2.39. The van der Waals surface area contributed by atoms with Crippen LogP contribution in [0.2, 0.25) is 5.02 Å². The highest BCUT2D eigenvalue weighted by Gasteiger charge is 2.18. The summed E-state index contributed by atoms with van der Waals surface area (Å²) in [7, 11) is 0. The zero-order chi connectivity index (χ0) is 13.2. The van der Waals surface area contributed by atoms with Crippen molar-refractivity contribution in [2.24, 2.45) is 0 Å². The number of aromatic nitrogens is 3. The average molecular weight is 275 g/mol. The van der Waals surface area contributed by atoms with Gasteiger partial charge in [-0.15, -0.1) is 0 Å². The summed E-state index contributed by atoms with van der Waals surface area (Å²) < 4.78 is 0. The van der Waals surface area contributed by atoms with Gasteiger partial charge in [0.05, 0.1) is 10.7 Å². The van der Waals surface area contributed by atoms with Crippen LogP contribution in [0.4, 0.5) is 0 Å². The maximum Gasteiger partial charge on any atom is 0.180 e. The van der Waals surface area contributed by atoms with Crippen molar-refractivity contribution in [2.75, 3.05) is 6.54 Å². The molecule has 3 heterocycles. The van der Waals surface area contributed by atoms with Crippen LogP contribution in [0.15, 0.2) is 18.3 Å². The first kappa shape index (κ1) is 12.5. The van der Waals surface area contributed by atoms with E-state index >= 15 is 0 Å². The number of hydrogen-bond donors (Lipinski definition) is 1. The molecule has 0 atom stereocenters. The maximum atomic E-state index is 6.18. The van der Waals surface area contributed by atoms with E-state index in [0.717, 1.165) is 37.3 Å². The van der Waals surface area contributed by atoms with Crippen molar-refractivity contribution < 1.29 is 0 Å². The van der Waals surface area contributed by atoms with Gasteiger partial charge in [0.2, 0.25) is 0 Å². The van der Waals surface area contributed by atoms with Crippen molar-refractivity contribution in [1.29, 1.82) is 0 Å². The summed E-state index contributed by atoms with van der Waals surface area (Å²) in [6, 6.07) is 3.63. The molecule has 0 aliphatic carbocycles. The SMILES string of the molecule is CCc1nc(-c2ncccc2Cl)nc2c1CCNC2. The lowest BCUT2D eigenvalue weighted by molar-refractivity contribution is 0.617. The van der Waals surface area contributed by atoms with Gasteiger partial charge >= 0.3 is 0 Å². The summed E-state index contributed by atoms with van der Waals surface area (Å²) >= 11 is 6.18. The first-order valence-electron chi connectivity index (χ1n) is 6.50. The molecule has 2 aromatic rings. The van der Waals surface area contributed by atoms with Gasteiger partial charge in [0.25, 0.3) is 0 Å². The molecule has 5 heteroatoms. The molecule has 0 unspecified atom stereocenters. The summed E-state index contributed by atoms with van der Waals surface area (Å²) in [5.41, 5.74) is 4.14. The standard InChI is InChI=1S/C14H15ClN4/c1-2-11-9-5-7-16-8-12(9)19-14(18-11)13-10(15)4-3-6-17-13/h3-4,6,16H,2,5,7-8H2,1H3. The largest absolute Gasteiger partial charge is 0.311 e. The minimum atomic E-state index is 0.591. The van der Waals surface area contributed by atoms with Crippen LogP contribution < -0.4 is 5.32 Å². The Labute approximate surface area is 117 Å². The van der Waals surface area contributed by atoms with Gasteiger partial charge in [0.1, 0.15) is 5.69 Å². The van der Waals surface area contributed by atoms with Crippen LogP contribution >= 0.6 is 11.6 Å². The third kappa shape index (κ3) is 2.33. The Bertz CT molecular complexity index is 595. The summed E-state index contributed by atoms with van der Waals surface area (Å²) in [6.07, 6.45) is 3.62. The number of rotatable bonds is 2. The smallest absolute Gasteiger partial charge is 0.180 e. The molecule has 98 valence electrons. The van der Waals surface area contributed by atoms with Crippen molar-refractivity contribution in [3.8, 4) is 11.5 Å². The van der Waals surface area contributed by atoms with Gasteiger partial charge in [-0.3, -0.25) is 4.98 Å². The maximum absolute atomic E-state index is 6.18. The third-order valence-corrected chi connectivity index (χ3v) is 3.63. The van der Waals surface area contributed by atoms with E-state index < -0.39 is 0 Å². The van der Waals surface area contributed by atoms with Crippen LogP contribution in [0.25, 0.3) is 11.5 Å². The predicted octanol–water partition coefficient (Wildman–Crippen LogP) is 2.40. The average Bonchev–Trinajstić information content (AvgIpc) is 2.46. The Kier molecular flexibility index (Phi) is 3.44. The van der Waals surface area contributed by atoms with E-state index in [4.69, 9.17) is 11.6 Å². The predicted molar refractivity (Wildman–Crippen MR) is 75.1 cm³/mol. The molecule has 1 N–H and O–H groups in total. The minimum Gasteiger partial charge on any atom is -0.311 e. The Balaban J connectivity index is 2.15. The van der Waals surface area contributed by atoms with Gasteiger partial charge in [-0.05, 0) is 37.1 Å². The zero-order valence-electron chi connectivity index (χ0n) is 10.8. The zero-order valence-corrected chi connectivity index (χ0v) is 11.5. The van der Waals surface area contributed by atoms with Gasteiger partial charge in [0.15, 0.2) is 5.82 Å². The number of fused-ring (bicyclic) bond motifs is 1. The molecule has 0 aromatic carbocycles. The lowest BCUT2D eigenvalue weighted by Crippen LogP contribution is -2.26. The summed E-state index contributed by atoms with van der Waals surface area (Å²) in [4.78, 5) is 13.6. The minimum absolute atomic E-state index is 0.591. The number of halogens is 1. The summed E-state index contributed by atoms with van der Waals surface area (Å²) in [6.45, 7) is 3.91. The van der Waals surface area contributed by atoms with E-state index in [1.807, 2.05) is 12.1 Å². The lowest BCUT2D eigenvalue weighted by Gasteiger charge is -2.19. The van der Waals surface area contributed by atoms with Crippen molar-refractivity contribution in [1.82, 2.24) is 20.3 Å². The van der Waals surface area contributed by atoms with Crippen LogP contribution in [0.1, 0.15) is 23.9 Å². The molecule has 0 spiro atoms. The van der Waals surface area contributed by atoms with Gasteiger partial charge < -0.3 is 5.32 Å². The van der Waals surface area contributed by atoms with Crippen LogP contribution in [-0.2, 0) is 19.4 Å². The molecule has 1 aliphatic rings. The molecule has 1 aliphatic heterocycles. The Morgan fingerprint density at radius 2 is 2.26 bits per heavy atom. The molecular weight excluding hydrogens is 260 g/mol. The Hall–Kier alpha value is -1.52. The topological polar surface area (TPSA) is 50.7 Å². The number of nitrogens with one attached hydrogen (secondary N) is 1. The molecule has 0 radical (unpaired) electrons. The van der Waals surface area contributed by atoms with Gasteiger partial charge in [-0.2, -0.15) is 0 Å². The first-order valence-corrected chi connectivity index (χ1v) is 6.87. The molecule has 4 nitrogen and oxygen atoms in total. The van der Waals surface area contributed by atoms with Gasteiger partial charge in [-0.1, -0.05) is 18.5 Å². The molecule has 0 bridgehead atoms. The highest BCUT2D eigenvalue weighted by Crippen LogP contribution is 2.25. The van der Waals surface area contributed by atoms with E-state index in [1.54, 1.807) is 6.20 Å². The number of hydrogen-bond acceptors (Lipinski definition) is 4. The van der Waals surface area contributed by atoms with E-state index in [1.165, 1.54) is 5.56 Å². The molecule has 0 saturated carbocycles. The molecular formula is C14H15ClN4. The highest BCUT2D eigenvalue weighted by atomic mass is 35.5. The second kappa shape index (κ2) is 5.23. The molecule has 2 aromatic heterocycles. The quantitative estimate of drug-likeness (QED) is 0.914. The number of nitrogens with zero attached hydrogens (tertiary/aromatic N) is 3. The molecule has 0 fully saturated rings. The molecule has 3 rings (SSSR count). The normalized spacial score (nSPS) is 14.2. The number of pyridine rings is 1. The second-order valence-corrected chi connectivity index (χ2v) is 4.94. The summed E-state index contributed by atoms with van der Waals surface area (Å²) in [5, 5.41) is 3.93. The van der Waals surface area contributed by atoms with E-state index in [9.17, 15) is 0 Å². The van der Waals surface area contributed by atoms with Gasteiger partial charge in [0, 0.05) is 18.4 Å². The molecule has 0 saturated heterocycles. The fourth-order valence-corrected chi connectivity index (χ4v) is 2.59. The van der Waals surface area contributed by atoms with Gasteiger partial charge in [-0.25, -0.2) is 9.97 Å². The third-order valence-electron chi connectivity index (χ3n) is 3.33. The van der Waals surface area contributed by atoms with E-state index in [-0.39, 0.29) is 0 Å². The van der Waals surface area contributed by atoms with Crippen molar-refractivity contribution in [3.63, 3.8) is 0 Å². The van der Waals surface area contributed by atoms with Crippen LogP contribution in [0, 0.1) is 0 Å². The number of aryl methyl sites for hydroxylation is 1. The van der Waals surface area contributed by atoms with Crippen LogP contribution in [0.3, 0.4) is 0 Å². The second-order valence-electron chi connectivity index (χ2n) is 4.53. The first-order chi connectivity index (χ1) is 9.29. The van der Waals surface area contributed by atoms with Crippen molar-refractivity contribution in [2.45, 2.75) is 26.3 Å². The lowest BCUT2D eigenvalue weighted by atomic mass is 10.0. The van der Waals surface area contributed by atoms with E-state index in [0.29, 0.717) is 16.5 Å². The van der Waals surface area contributed by atoms with E-state index in [2.05, 4.69) is 27.2 Å². The Morgan fingerprint density at radius 1 is 1.37 bits per heavy atom. The fraction of sp³-hybridized carbons (Fsp3) is 0.357. The van der Waals surface area contributed by atoms with Crippen molar-refractivity contribution in [3.05, 3.63) is 40.3 Å². The summed E-state index contributed by atoms with van der Waals surface area (Å²) in [5.74, 6) is 0.630. The highest BCUT2D eigenvalue weighted by molar-refractivity contribution is 6.32. The van der Waals surface area contributed by atoms with Crippen LogP contribution in [-0.4, -0.2) is 21.5 Å². The molecule has 0 amide bonds. The van der Waals surface area contributed by atoms with Crippen LogP contribution in [0.5, 0.6) is 0 Å².